The Morgan fingerprint density at radius 3 is 2.44 bits per heavy atom. The number of hydrogen-bond donors (Lipinski definition) is 1. The van der Waals surface area contributed by atoms with Gasteiger partial charge in [-0.1, -0.05) is 5.69 Å². The van der Waals surface area contributed by atoms with Gasteiger partial charge in [0.15, 0.2) is 0 Å². The minimum absolute atomic E-state index is 0. The molecule has 1 nitrogen and oxygen atoms in total. The van der Waals surface area contributed by atoms with E-state index in [1.807, 2.05) is 0 Å². The molecule has 0 spiro atoms. The summed E-state index contributed by atoms with van der Waals surface area (Å²) in [5.74, 6) is -0.343. The van der Waals surface area contributed by atoms with Crippen LogP contribution in [0.2, 0.25) is 0 Å². The fourth-order valence-electron chi connectivity index (χ4n) is 0.460. The van der Waals surface area contributed by atoms with Crippen molar-refractivity contribution < 1.29 is 25.5 Å². The molecule has 0 amide bonds. The first kappa shape index (κ1) is 8.64. The van der Waals surface area contributed by atoms with Crippen LogP contribution in [0.5, 0.6) is 0 Å². The summed E-state index contributed by atoms with van der Waals surface area (Å²) in [5.41, 5.74) is 5.59. The van der Waals surface area contributed by atoms with Crippen molar-refractivity contribution in [2.45, 2.75) is 0 Å². The van der Waals surface area contributed by atoms with Crippen LogP contribution >= 0.6 is 0 Å². The van der Waals surface area contributed by atoms with Crippen LogP contribution < -0.4 is 5.73 Å². The van der Waals surface area contributed by atoms with Gasteiger partial charge in [0.2, 0.25) is 0 Å². The van der Waals surface area contributed by atoms with Crippen molar-refractivity contribution in [2.24, 2.45) is 0 Å². The maximum Gasteiger partial charge on any atom is 0.0106 e. The summed E-state index contributed by atoms with van der Waals surface area (Å²) in [6.07, 6.45) is 0. The van der Waals surface area contributed by atoms with Crippen LogP contribution in [-0.4, -0.2) is 0 Å². The molecule has 9 heavy (non-hydrogen) atoms. The van der Waals surface area contributed by atoms with Crippen molar-refractivity contribution in [3.63, 3.8) is 0 Å². The standard InChI is InChI=1S/C6H5FN.W/c7-5-2-1-3-6(8)4-5;/h2-4H,8H2;/q-1;. The van der Waals surface area contributed by atoms with Gasteiger partial charge in [0.05, 0.1) is 0 Å². The summed E-state index contributed by atoms with van der Waals surface area (Å²) < 4.78 is 12.1. The Morgan fingerprint density at radius 2 is 2.11 bits per heavy atom. The van der Waals surface area contributed by atoms with Crippen molar-refractivity contribution in [2.75, 3.05) is 5.73 Å². The fraction of sp³-hybridized carbons (Fsp3) is 0. The Balaban J connectivity index is 0.000000640. The molecule has 2 N–H and O–H groups in total. The molecular formula is C6H5FNW-. The zero-order chi connectivity index (χ0) is 5.98. The van der Waals surface area contributed by atoms with Gasteiger partial charge in [-0.2, -0.15) is 12.1 Å². The first-order valence-electron chi connectivity index (χ1n) is 2.21. The molecule has 0 aliphatic heterocycles. The number of benzene rings is 1. The van der Waals surface area contributed by atoms with E-state index in [9.17, 15) is 4.39 Å². The van der Waals surface area contributed by atoms with E-state index in [0.29, 0.717) is 5.69 Å². The van der Waals surface area contributed by atoms with Gasteiger partial charge < -0.3 is 5.73 Å². The number of halogens is 1. The molecule has 1 aromatic rings. The van der Waals surface area contributed by atoms with Crippen LogP contribution in [0.4, 0.5) is 10.1 Å². The van der Waals surface area contributed by atoms with E-state index < -0.39 is 0 Å². The molecule has 0 bridgehead atoms. The van der Waals surface area contributed by atoms with Crippen LogP contribution in [-0.2, 0) is 21.1 Å². The van der Waals surface area contributed by atoms with E-state index in [2.05, 4.69) is 6.07 Å². The van der Waals surface area contributed by atoms with Gasteiger partial charge in [0, 0.05) is 26.9 Å². The molecule has 0 saturated carbocycles. The second-order valence-electron chi connectivity index (χ2n) is 1.48. The van der Waals surface area contributed by atoms with E-state index in [0.717, 1.165) is 0 Å². The van der Waals surface area contributed by atoms with Gasteiger partial charge in [0.25, 0.3) is 0 Å². The minimum atomic E-state index is -0.343. The topological polar surface area (TPSA) is 26.0 Å². The van der Waals surface area contributed by atoms with Gasteiger partial charge in [-0.25, -0.2) is 0 Å². The summed E-state index contributed by atoms with van der Waals surface area (Å²) in [5, 5.41) is 0. The van der Waals surface area contributed by atoms with E-state index >= 15 is 0 Å². The number of nitrogens with two attached hydrogens (primary N) is 1. The zero-order valence-corrected chi connectivity index (χ0v) is 7.53. The van der Waals surface area contributed by atoms with E-state index in [-0.39, 0.29) is 26.9 Å². The molecular weight excluding hydrogens is 289 g/mol. The van der Waals surface area contributed by atoms with Gasteiger partial charge in [-0.05, 0) is 0 Å². The van der Waals surface area contributed by atoms with Crippen molar-refractivity contribution in [3.05, 3.63) is 30.1 Å². The summed E-state index contributed by atoms with van der Waals surface area (Å²) >= 11 is 0. The molecule has 48 valence electrons. The first-order valence-corrected chi connectivity index (χ1v) is 2.21. The number of anilines is 1. The Hall–Kier alpha value is -0.362. The molecule has 3 heteroatoms. The summed E-state index contributed by atoms with van der Waals surface area (Å²) in [6, 6.07) is 6.52. The summed E-state index contributed by atoms with van der Waals surface area (Å²) in [7, 11) is 0. The third-order valence-electron chi connectivity index (χ3n) is 0.776. The first-order chi connectivity index (χ1) is 3.79. The molecule has 0 aliphatic rings. The predicted molar refractivity (Wildman–Crippen MR) is 29.6 cm³/mol. The Bertz CT molecular complexity index is 173. The molecule has 0 heterocycles. The van der Waals surface area contributed by atoms with E-state index in [4.69, 9.17) is 5.73 Å². The molecule has 1 rings (SSSR count). The normalized spacial score (nSPS) is 8.11. The molecule has 0 aliphatic carbocycles. The average molecular weight is 294 g/mol. The monoisotopic (exact) mass is 294 g/mol. The quantitative estimate of drug-likeness (QED) is 0.565. The number of hydrogen-bond acceptors (Lipinski definition) is 1. The van der Waals surface area contributed by atoms with Gasteiger partial charge >= 0.3 is 0 Å². The second-order valence-corrected chi connectivity index (χ2v) is 1.48. The number of nitrogen functional groups attached to an aromatic ring is 1. The van der Waals surface area contributed by atoms with Gasteiger partial charge in [0.1, 0.15) is 0 Å². The van der Waals surface area contributed by atoms with Crippen molar-refractivity contribution in [1.82, 2.24) is 0 Å². The maximum absolute atomic E-state index is 12.1. The maximum atomic E-state index is 12.1. The smallest absolute Gasteiger partial charge is 0.0106 e. The van der Waals surface area contributed by atoms with Crippen LogP contribution in [0, 0.1) is 11.9 Å². The molecule has 0 saturated heterocycles. The van der Waals surface area contributed by atoms with Crippen molar-refractivity contribution in [3.8, 4) is 0 Å². The summed E-state index contributed by atoms with van der Waals surface area (Å²) in [4.78, 5) is 0. The van der Waals surface area contributed by atoms with Crippen LogP contribution in [0.15, 0.2) is 18.2 Å². The third kappa shape index (κ3) is 2.61. The van der Waals surface area contributed by atoms with E-state index in [1.165, 1.54) is 18.2 Å². The molecule has 0 aromatic heterocycles. The van der Waals surface area contributed by atoms with Crippen LogP contribution in [0.1, 0.15) is 0 Å². The number of rotatable bonds is 0. The largest absolute Gasteiger partial charge is 0.449 e. The predicted octanol–water partition coefficient (Wildman–Crippen LogP) is 1.21. The molecule has 0 unspecified atom stereocenters. The summed E-state index contributed by atoms with van der Waals surface area (Å²) in [6.45, 7) is 0. The Labute approximate surface area is 67.3 Å². The Morgan fingerprint density at radius 1 is 1.44 bits per heavy atom. The zero-order valence-electron chi connectivity index (χ0n) is 4.60. The van der Waals surface area contributed by atoms with Gasteiger partial charge in [-0.3, -0.25) is 4.39 Å². The molecule has 0 radical (unpaired) electrons. The minimum Gasteiger partial charge on any atom is -0.449 e. The third-order valence-corrected chi connectivity index (χ3v) is 0.776. The average Bonchev–Trinajstić information content (AvgIpc) is 1.64. The fourth-order valence-corrected chi connectivity index (χ4v) is 0.460. The molecule has 0 atom stereocenters. The van der Waals surface area contributed by atoms with Crippen molar-refractivity contribution in [1.29, 1.82) is 0 Å². The molecule has 1 aromatic carbocycles. The van der Waals surface area contributed by atoms with Crippen LogP contribution in [0.3, 0.4) is 0 Å². The van der Waals surface area contributed by atoms with Gasteiger partial charge in [-0.15, -0.1) is 12.1 Å². The van der Waals surface area contributed by atoms with Crippen LogP contribution in [0.25, 0.3) is 0 Å². The molecule has 0 fully saturated rings. The Kier molecular flexibility index (Phi) is 3.48. The van der Waals surface area contributed by atoms with Crippen molar-refractivity contribution >= 4 is 5.69 Å². The van der Waals surface area contributed by atoms with E-state index in [1.54, 1.807) is 0 Å². The second kappa shape index (κ2) is 3.62. The SMILES string of the molecule is Nc1c[c-]cc(F)c1.[W].